The molecule has 0 atom stereocenters. The van der Waals surface area contributed by atoms with Crippen LogP contribution in [0.2, 0.25) is 0 Å². The second-order valence-corrected chi connectivity index (χ2v) is 3.95. The third kappa shape index (κ3) is 1.09. The highest BCUT2D eigenvalue weighted by atomic mass is 15.0. The molecule has 0 unspecified atom stereocenters. The first kappa shape index (κ1) is 8.64. The maximum atomic E-state index is 4.27. The van der Waals surface area contributed by atoms with Gasteiger partial charge in [-0.25, -0.2) is 15.0 Å². The lowest BCUT2D eigenvalue weighted by Gasteiger charge is -2.19. The van der Waals surface area contributed by atoms with E-state index in [9.17, 15) is 0 Å². The average molecular weight is 220 g/mol. The fourth-order valence-corrected chi connectivity index (χ4v) is 2.26. The Kier molecular flexibility index (Phi) is 1.53. The van der Waals surface area contributed by atoms with Gasteiger partial charge in [0.1, 0.15) is 12.1 Å². The zero-order chi connectivity index (χ0) is 11.2. The molecule has 1 aliphatic heterocycles. The van der Waals surface area contributed by atoms with Gasteiger partial charge in [0, 0.05) is 23.0 Å². The van der Waals surface area contributed by atoms with Crippen LogP contribution in [0.25, 0.3) is 22.2 Å². The van der Waals surface area contributed by atoms with Crippen LogP contribution in [0.3, 0.4) is 0 Å². The Morgan fingerprint density at radius 2 is 1.82 bits per heavy atom. The summed E-state index contributed by atoms with van der Waals surface area (Å²) in [6, 6.07) is 10.2. The number of fused-ring (bicyclic) bond motifs is 2. The lowest BCUT2D eigenvalue weighted by atomic mass is 9.98. The molecule has 0 amide bonds. The summed E-state index contributed by atoms with van der Waals surface area (Å²) in [6.07, 6.45) is 3.33. The van der Waals surface area contributed by atoms with Gasteiger partial charge in [0.25, 0.3) is 0 Å². The van der Waals surface area contributed by atoms with Crippen molar-refractivity contribution in [3.05, 3.63) is 42.9 Å². The summed E-state index contributed by atoms with van der Waals surface area (Å²) in [4.78, 5) is 12.7. The maximum absolute atomic E-state index is 4.27. The molecular formula is C13H8N4. The van der Waals surface area contributed by atoms with Gasteiger partial charge in [-0.05, 0) is 12.1 Å². The molecule has 4 rings (SSSR count). The molecule has 0 aliphatic carbocycles. The molecular weight excluding hydrogens is 212 g/mol. The summed E-state index contributed by atoms with van der Waals surface area (Å²) in [5.74, 6) is 0.830. The molecule has 0 radical (unpaired) electrons. The lowest BCUT2D eigenvalue weighted by Crippen LogP contribution is -2.04. The van der Waals surface area contributed by atoms with Crippen molar-refractivity contribution in [2.24, 2.45) is 0 Å². The Morgan fingerprint density at radius 1 is 0.882 bits per heavy atom. The second kappa shape index (κ2) is 3.01. The van der Waals surface area contributed by atoms with Gasteiger partial charge in [-0.3, -0.25) is 0 Å². The van der Waals surface area contributed by atoms with Crippen molar-refractivity contribution in [1.29, 1.82) is 0 Å². The zero-order valence-electron chi connectivity index (χ0n) is 8.88. The molecule has 1 N–H and O–H groups in total. The average Bonchev–Trinajstić information content (AvgIpc) is 2.39. The standard InChI is InChI=1S/C13H8N4/c1-2-4-10-8(3-1)9-5-6-14-12-11(9)13(17-10)16-7-15-12/h1-7H,(H,14,15,16,17). The SMILES string of the molecule is c1ccc2c(c1)Nc1ncnc3nccc-2c13. The van der Waals surface area contributed by atoms with Gasteiger partial charge in [-0.1, -0.05) is 18.2 Å². The van der Waals surface area contributed by atoms with Crippen molar-refractivity contribution < 1.29 is 0 Å². The Hall–Kier alpha value is -2.49. The number of hydrogen-bond donors (Lipinski definition) is 1. The lowest BCUT2D eigenvalue weighted by molar-refractivity contribution is 1.17. The molecule has 0 fully saturated rings. The highest BCUT2D eigenvalue weighted by molar-refractivity contribution is 6.07. The van der Waals surface area contributed by atoms with Crippen LogP contribution >= 0.6 is 0 Å². The Balaban J connectivity index is 2.22. The van der Waals surface area contributed by atoms with Crippen LogP contribution in [0.15, 0.2) is 42.9 Å². The number of aromatic nitrogens is 3. The molecule has 0 spiro atoms. The number of para-hydroxylation sites is 1. The largest absolute Gasteiger partial charge is 0.339 e. The van der Waals surface area contributed by atoms with Gasteiger partial charge in [-0.2, -0.15) is 0 Å². The second-order valence-electron chi connectivity index (χ2n) is 3.95. The van der Waals surface area contributed by atoms with Crippen molar-refractivity contribution in [2.75, 3.05) is 5.32 Å². The summed E-state index contributed by atoms with van der Waals surface area (Å²) in [6.45, 7) is 0. The molecule has 0 saturated heterocycles. The third-order valence-electron chi connectivity index (χ3n) is 3.00. The molecule has 80 valence electrons. The summed E-state index contributed by atoms with van der Waals surface area (Å²) in [5.41, 5.74) is 4.11. The minimum Gasteiger partial charge on any atom is -0.339 e. The quantitative estimate of drug-likeness (QED) is 0.495. The monoisotopic (exact) mass is 220 g/mol. The first-order valence-electron chi connectivity index (χ1n) is 5.39. The highest BCUT2D eigenvalue weighted by Crippen LogP contribution is 2.40. The predicted molar refractivity (Wildman–Crippen MR) is 66.1 cm³/mol. The minimum atomic E-state index is 0.731. The van der Waals surface area contributed by atoms with E-state index >= 15 is 0 Å². The van der Waals surface area contributed by atoms with Crippen LogP contribution in [-0.2, 0) is 0 Å². The predicted octanol–water partition coefficient (Wildman–Crippen LogP) is 2.75. The molecule has 17 heavy (non-hydrogen) atoms. The topological polar surface area (TPSA) is 50.7 Å². The van der Waals surface area contributed by atoms with E-state index in [2.05, 4.69) is 26.3 Å². The van der Waals surface area contributed by atoms with Gasteiger partial charge >= 0.3 is 0 Å². The Labute approximate surface area is 97.4 Å². The smallest absolute Gasteiger partial charge is 0.165 e. The summed E-state index contributed by atoms with van der Waals surface area (Å²) < 4.78 is 0. The highest BCUT2D eigenvalue weighted by Gasteiger charge is 2.18. The van der Waals surface area contributed by atoms with E-state index in [-0.39, 0.29) is 0 Å². The number of hydrogen-bond acceptors (Lipinski definition) is 4. The van der Waals surface area contributed by atoms with E-state index in [4.69, 9.17) is 0 Å². The van der Waals surface area contributed by atoms with Gasteiger partial charge in [0.05, 0.1) is 5.39 Å². The van der Waals surface area contributed by atoms with Gasteiger partial charge in [0.15, 0.2) is 5.65 Å². The van der Waals surface area contributed by atoms with E-state index in [0.717, 1.165) is 28.1 Å². The van der Waals surface area contributed by atoms with Crippen molar-refractivity contribution >= 4 is 22.5 Å². The van der Waals surface area contributed by atoms with Crippen molar-refractivity contribution in [2.45, 2.75) is 0 Å². The number of nitrogens with zero attached hydrogens (tertiary/aromatic N) is 3. The first-order chi connectivity index (χ1) is 8.43. The molecule has 4 heteroatoms. The minimum absolute atomic E-state index is 0.731. The van der Waals surface area contributed by atoms with Crippen LogP contribution in [0.1, 0.15) is 0 Å². The number of pyridine rings is 1. The van der Waals surface area contributed by atoms with Gasteiger partial charge in [-0.15, -0.1) is 0 Å². The Morgan fingerprint density at radius 3 is 2.82 bits per heavy atom. The van der Waals surface area contributed by atoms with Crippen LogP contribution < -0.4 is 5.32 Å². The van der Waals surface area contributed by atoms with Crippen molar-refractivity contribution in [3.8, 4) is 11.1 Å². The molecule has 0 saturated carbocycles. The van der Waals surface area contributed by atoms with E-state index in [1.165, 1.54) is 11.9 Å². The molecule has 0 bridgehead atoms. The summed E-state index contributed by atoms with van der Waals surface area (Å²) >= 11 is 0. The molecule has 3 aromatic rings. The summed E-state index contributed by atoms with van der Waals surface area (Å²) in [7, 11) is 0. The van der Waals surface area contributed by atoms with Crippen molar-refractivity contribution in [3.63, 3.8) is 0 Å². The molecule has 4 nitrogen and oxygen atoms in total. The van der Waals surface area contributed by atoms with Gasteiger partial charge < -0.3 is 5.32 Å². The molecule has 1 aliphatic rings. The van der Waals surface area contributed by atoms with E-state index in [1.54, 1.807) is 6.20 Å². The maximum Gasteiger partial charge on any atom is 0.165 e. The fraction of sp³-hybridized carbons (Fsp3) is 0. The number of benzene rings is 1. The van der Waals surface area contributed by atoms with E-state index < -0.39 is 0 Å². The van der Waals surface area contributed by atoms with Crippen LogP contribution in [0.4, 0.5) is 11.5 Å². The van der Waals surface area contributed by atoms with Crippen LogP contribution in [-0.4, -0.2) is 15.0 Å². The molecule has 1 aromatic carbocycles. The number of anilines is 2. The fourth-order valence-electron chi connectivity index (χ4n) is 2.26. The normalized spacial score (nSPS) is 12.0. The number of nitrogens with one attached hydrogen (secondary N) is 1. The summed E-state index contributed by atoms with van der Waals surface area (Å²) in [5, 5.41) is 4.31. The Bertz CT molecular complexity index is 731. The van der Waals surface area contributed by atoms with Crippen LogP contribution in [0.5, 0.6) is 0 Å². The van der Waals surface area contributed by atoms with E-state index in [0.29, 0.717) is 0 Å². The van der Waals surface area contributed by atoms with E-state index in [1.807, 2.05) is 24.3 Å². The molecule has 2 aromatic heterocycles. The zero-order valence-corrected chi connectivity index (χ0v) is 8.88. The number of rotatable bonds is 0. The molecule has 3 heterocycles. The van der Waals surface area contributed by atoms with Crippen LogP contribution in [0, 0.1) is 0 Å². The van der Waals surface area contributed by atoms with Crippen molar-refractivity contribution in [1.82, 2.24) is 15.0 Å². The van der Waals surface area contributed by atoms with Gasteiger partial charge in [0.2, 0.25) is 0 Å². The third-order valence-corrected chi connectivity index (χ3v) is 3.00. The first-order valence-corrected chi connectivity index (χ1v) is 5.39.